The fourth-order valence-corrected chi connectivity index (χ4v) is 14.8. The number of halogens is 1. The third-order valence-electron chi connectivity index (χ3n) is 9.65. The minimum absolute atomic E-state index is 1.30. The average molecular weight is 660 g/mol. The minimum atomic E-state index is -2.44. The maximum atomic E-state index is 4.70. The van der Waals surface area contributed by atoms with Gasteiger partial charge in [0.1, 0.15) is 0 Å². The molecule has 0 radical (unpaired) electrons. The fraction of sp³-hybridized carbons (Fsp3) is 0.700. The van der Waals surface area contributed by atoms with Crippen molar-refractivity contribution in [1.82, 2.24) is 0 Å². The molecule has 2 aromatic rings. The molecule has 0 spiro atoms. The van der Waals surface area contributed by atoms with Gasteiger partial charge in [0.15, 0.2) is 0 Å². The van der Waals surface area contributed by atoms with Crippen molar-refractivity contribution in [2.45, 2.75) is 168 Å². The van der Waals surface area contributed by atoms with Gasteiger partial charge in [0.25, 0.3) is 0 Å². The van der Waals surface area contributed by atoms with E-state index in [2.05, 4.69) is 74.5 Å². The summed E-state index contributed by atoms with van der Waals surface area (Å²) in [6.45, 7) is 4.62. The Hall–Kier alpha value is -0.650. The van der Waals surface area contributed by atoms with Crippen molar-refractivity contribution in [3.63, 3.8) is 0 Å². The molecule has 0 aliphatic rings. The Bertz CT molecular complexity index is 792. The van der Waals surface area contributed by atoms with Gasteiger partial charge in [-0.25, -0.2) is 0 Å². The normalized spacial score (nSPS) is 12.8. The van der Waals surface area contributed by atoms with Gasteiger partial charge in [0.2, 0.25) is 0 Å². The maximum absolute atomic E-state index is 4.70. The molecule has 0 bridgehead atoms. The van der Waals surface area contributed by atoms with Crippen LogP contribution in [0.3, 0.4) is 0 Å². The molecular formula is C40H68BrP. The number of hydrogen-bond donors (Lipinski definition) is 0. The zero-order valence-corrected chi connectivity index (χ0v) is 30.5. The van der Waals surface area contributed by atoms with Crippen molar-refractivity contribution in [2.24, 2.45) is 0 Å². The van der Waals surface area contributed by atoms with E-state index in [4.69, 9.17) is 15.5 Å². The molecule has 2 aromatic carbocycles. The number of unbranched alkanes of at least 4 members (excludes halogenated alkanes) is 22. The molecule has 0 amide bonds. The van der Waals surface area contributed by atoms with Crippen LogP contribution in [-0.2, 0) is 0 Å². The Morgan fingerprint density at radius 1 is 0.357 bits per heavy atom. The summed E-state index contributed by atoms with van der Waals surface area (Å²) in [5.74, 6) is 0. The van der Waals surface area contributed by atoms with Crippen LogP contribution in [0.2, 0.25) is 0 Å². The van der Waals surface area contributed by atoms with Crippen molar-refractivity contribution in [1.29, 1.82) is 0 Å². The van der Waals surface area contributed by atoms with Gasteiger partial charge < -0.3 is 0 Å². The van der Waals surface area contributed by atoms with Gasteiger partial charge >= 0.3 is 246 Å². The molecule has 0 atom stereocenters. The van der Waals surface area contributed by atoms with Crippen molar-refractivity contribution in [3.8, 4) is 0 Å². The molecule has 0 aromatic heterocycles. The Morgan fingerprint density at radius 3 is 0.857 bits per heavy atom. The average Bonchev–Trinajstić information content (AvgIpc) is 3.03. The first kappa shape index (κ1) is 37.5. The molecule has 0 aliphatic heterocycles. The summed E-state index contributed by atoms with van der Waals surface area (Å²) < 4.78 is 0. The molecule has 0 heterocycles. The second-order valence-electron chi connectivity index (χ2n) is 13.3. The molecule has 0 aliphatic carbocycles. The van der Waals surface area contributed by atoms with Crippen molar-refractivity contribution < 1.29 is 0 Å². The van der Waals surface area contributed by atoms with Crippen LogP contribution < -0.4 is 10.6 Å². The van der Waals surface area contributed by atoms with Gasteiger partial charge in [-0.3, -0.25) is 0 Å². The van der Waals surface area contributed by atoms with Gasteiger partial charge in [-0.05, 0) is 0 Å². The van der Waals surface area contributed by atoms with Crippen LogP contribution in [0.25, 0.3) is 0 Å². The fourth-order valence-electron chi connectivity index (χ4n) is 6.88. The third kappa shape index (κ3) is 14.4. The number of hydrogen-bond acceptors (Lipinski definition) is 0. The first-order valence-corrected chi connectivity index (χ1v) is 23.1. The van der Waals surface area contributed by atoms with Crippen molar-refractivity contribution >= 4 is 31.4 Å². The summed E-state index contributed by atoms with van der Waals surface area (Å²) in [6.07, 6.45) is 36.5. The van der Waals surface area contributed by atoms with E-state index < -0.39 is 5.31 Å². The van der Waals surface area contributed by atoms with E-state index in [1.54, 1.807) is 10.6 Å². The van der Waals surface area contributed by atoms with Gasteiger partial charge in [-0.2, -0.15) is 0 Å². The molecule has 0 nitrogen and oxygen atoms in total. The van der Waals surface area contributed by atoms with E-state index in [1.165, 1.54) is 166 Å². The zero-order valence-electron chi connectivity index (χ0n) is 28.0. The molecule has 0 N–H and O–H groups in total. The van der Waals surface area contributed by atoms with Gasteiger partial charge in [0, 0.05) is 0 Å². The van der Waals surface area contributed by atoms with Gasteiger partial charge in [0.05, 0.1) is 0 Å². The molecule has 42 heavy (non-hydrogen) atoms. The standard InChI is InChI=1S/C40H68BrP/c1-3-5-7-9-11-13-15-17-19-21-23-31-37-42(41,39-33-27-25-28-34-39,40-35-29-26-30-36-40)38-32-24-22-20-18-16-14-12-10-8-6-4-2/h25-30,33-36H,3-24,31-32,37-38H2,1-2H3. The van der Waals surface area contributed by atoms with Gasteiger partial charge in [-0.1, -0.05) is 26.7 Å². The second kappa shape index (κ2) is 23.7. The number of rotatable bonds is 28. The topological polar surface area (TPSA) is 0 Å². The van der Waals surface area contributed by atoms with Crippen molar-refractivity contribution in [3.05, 3.63) is 60.7 Å². The molecule has 0 unspecified atom stereocenters. The third-order valence-corrected chi connectivity index (χ3v) is 19.7. The molecule has 0 saturated heterocycles. The summed E-state index contributed by atoms with van der Waals surface area (Å²) in [7, 11) is 0. The van der Waals surface area contributed by atoms with Crippen LogP contribution in [0, 0.1) is 0 Å². The number of benzene rings is 2. The van der Waals surface area contributed by atoms with Crippen molar-refractivity contribution in [2.75, 3.05) is 12.3 Å². The van der Waals surface area contributed by atoms with Crippen LogP contribution in [0.4, 0.5) is 0 Å². The molecule has 240 valence electrons. The van der Waals surface area contributed by atoms with Crippen LogP contribution >= 0.6 is 20.8 Å². The molecule has 2 heteroatoms. The molecule has 0 fully saturated rings. The van der Waals surface area contributed by atoms with Gasteiger partial charge in [-0.15, -0.1) is 0 Å². The van der Waals surface area contributed by atoms with Crippen LogP contribution in [0.1, 0.15) is 168 Å². The zero-order chi connectivity index (χ0) is 30.1. The summed E-state index contributed by atoms with van der Waals surface area (Å²) in [5, 5.41) is 0.700. The van der Waals surface area contributed by atoms with E-state index in [0.29, 0.717) is 0 Å². The Labute approximate surface area is 271 Å². The molecular weight excluding hydrogens is 591 g/mol. The Morgan fingerprint density at radius 2 is 0.595 bits per heavy atom. The van der Waals surface area contributed by atoms with Crippen LogP contribution in [-0.4, -0.2) is 12.3 Å². The predicted molar refractivity (Wildman–Crippen MR) is 200 cm³/mol. The van der Waals surface area contributed by atoms with E-state index >= 15 is 0 Å². The molecule has 0 saturated carbocycles. The Balaban J connectivity index is 1.86. The predicted octanol–water partition coefficient (Wildman–Crippen LogP) is 13.9. The summed E-state index contributed by atoms with van der Waals surface area (Å²) in [6, 6.07) is 23.2. The van der Waals surface area contributed by atoms with E-state index in [0.717, 1.165) is 0 Å². The molecule has 2 rings (SSSR count). The first-order valence-electron chi connectivity index (χ1n) is 18.5. The van der Waals surface area contributed by atoms with E-state index in [-0.39, 0.29) is 0 Å². The second-order valence-corrected chi connectivity index (χ2v) is 23.1. The summed E-state index contributed by atoms with van der Waals surface area (Å²) in [5.41, 5.74) is 0. The SMILES string of the molecule is CCCCCCCCCCCCCCP(Br)(CCCCCCCCCCCCCC)(c1ccccc1)c1ccccc1. The quantitative estimate of drug-likeness (QED) is 0.0630. The van der Waals surface area contributed by atoms with Crippen LogP contribution in [0.5, 0.6) is 0 Å². The first-order chi connectivity index (χ1) is 20.6. The summed E-state index contributed by atoms with van der Waals surface area (Å²) in [4.78, 5) is 0. The van der Waals surface area contributed by atoms with E-state index in [9.17, 15) is 0 Å². The van der Waals surface area contributed by atoms with Crippen LogP contribution in [0.15, 0.2) is 60.7 Å². The summed E-state index contributed by atoms with van der Waals surface area (Å²) >= 11 is 4.70. The van der Waals surface area contributed by atoms with E-state index in [1.807, 2.05) is 0 Å². The monoisotopic (exact) mass is 658 g/mol. The Kier molecular flexibility index (Phi) is 21.2.